The second-order valence-corrected chi connectivity index (χ2v) is 5.37. The molecule has 6 heteroatoms. The van der Waals surface area contributed by atoms with Gasteiger partial charge in [0.25, 0.3) is 5.91 Å². The van der Waals surface area contributed by atoms with Crippen LogP contribution in [0.25, 0.3) is 0 Å². The molecule has 4 N–H and O–H groups in total. The lowest BCUT2D eigenvalue weighted by Crippen LogP contribution is -2.51. The van der Waals surface area contributed by atoms with Gasteiger partial charge in [0.1, 0.15) is 0 Å². The molecule has 106 valence electrons. The molecule has 20 heavy (non-hydrogen) atoms. The van der Waals surface area contributed by atoms with E-state index in [2.05, 4.69) is 4.90 Å². The largest absolute Gasteiger partial charge is 0.399 e. The smallest absolute Gasteiger partial charge is 0.250 e. The van der Waals surface area contributed by atoms with E-state index in [1.165, 1.54) is 0 Å². The van der Waals surface area contributed by atoms with Gasteiger partial charge >= 0.3 is 0 Å². The molecule has 0 saturated carbocycles. The van der Waals surface area contributed by atoms with Crippen LogP contribution in [0.5, 0.6) is 0 Å². The third-order valence-corrected chi connectivity index (χ3v) is 4.12. The van der Waals surface area contributed by atoms with Crippen molar-refractivity contribution >= 4 is 23.2 Å². The number of carbonyl (C=O) groups excluding carboxylic acids is 2. The first-order chi connectivity index (χ1) is 9.56. The molecule has 2 aliphatic rings. The predicted molar refractivity (Wildman–Crippen MR) is 76.3 cm³/mol. The molecule has 3 rings (SSSR count). The summed E-state index contributed by atoms with van der Waals surface area (Å²) in [5.41, 5.74) is 12.9. The lowest BCUT2D eigenvalue weighted by molar-refractivity contribution is -0.129. The van der Waals surface area contributed by atoms with Crippen LogP contribution in [-0.4, -0.2) is 42.4 Å². The Bertz CT molecular complexity index is 572. The number of amides is 2. The van der Waals surface area contributed by atoms with Crippen LogP contribution in [0.15, 0.2) is 18.2 Å². The quantitative estimate of drug-likeness (QED) is 0.752. The summed E-state index contributed by atoms with van der Waals surface area (Å²) >= 11 is 0. The van der Waals surface area contributed by atoms with Crippen molar-refractivity contribution in [3.63, 3.8) is 0 Å². The van der Waals surface area contributed by atoms with Crippen LogP contribution < -0.4 is 16.4 Å². The van der Waals surface area contributed by atoms with Crippen molar-refractivity contribution in [3.8, 4) is 0 Å². The highest BCUT2D eigenvalue weighted by Crippen LogP contribution is 2.29. The maximum atomic E-state index is 11.7. The summed E-state index contributed by atoms with van der Waals surface area (Å²) in [5, 5.41) is 0. The van der Waals surface area contributed by atoms with Gasteiger partial charge in [0.15, 0.2) is 0 Å². The molecule has 0 spiro atoms. The first-order valence-electron chi connectivity index (χ1n) is 6.80. The number of nitrogens with zero attached hydrogens (tertiary/aromatic N) is 2. The van der Waals surface area contributed by atoms with Crippen molar-refractivity contribution in [2.75, 3.05) is 30.3 Å². The number of piperazine rings is 1. The molecular formula is C14H18N4O2. The SMILES string of the molecule is NC(=O)c1cc(N)ccc1N1CCN2C(=O)CCC2C1. The second-order valence-electron chi connectivity index (χ2n) is 5.37. The Labute approximate surface area is 117 Å². The summed E-state index contributed by atoms with van der Waals surface area (Å²) in [6.45, 7) is 2.16. The summed E-state index contributed by atoms with van der Waals surface area (Å²) in [7, 11) is 0. The molecule has 0 radical (unpaired) electrons. The lowest BCUT2D eigenvalue weighted by Gasteiger charge is -2.39. The van der Waals surface area contributed by atoms with Crippen molar-refractivity contribution in [2.45, 2.75) is 18.9 Å². The van der Waals surface area contributed by atoms with E-state index in [1.807, 2.05) is 11.0 Å². The fraction of sp³-hybridized carbons (Fsp3) is 0.429. The van der Waals surface area contributed by atoms with Crippen LogP contribution in [0, 0.1) is 0 Å². The molecule has 6 nitrogen and oxygen atoms in total. The average Bonchev–Trinajstić information content (AvgIpc) is 2.80. The van der Waals surface area contributed by atoms with Crippen LogP contribution in [0.1, 0.15) is 23.2 Å². The predicted octanol–water partition coefficient (Wildman–Crippen LogP) is 0.179. The van der Waals surface area contributed by atoms with Crippen molar-refractivity contribution in [3.05, 3.63) is 23.8 Å². The zero-order chi connectivity index (χ0) is 14.3. The standard InChI is InChI=1S/C14H18N4O2/c15-9-1-3-12(11(7-9)14(16)20)17-5-6-18-10(8-17)2-4-13(18)19/h1,3,7,10H,2,4-6,8,15H2,(H2,16,20). The number of nitrogen functional groups attached to an aromatic ring is 1. The van der Waals surface area contributed by atoms with Crippen LogP contribution in [0.4, 0.5) is 11.4 Å². The van der Waals surface area contributed by atoms with Gasteiger partial charge in [-0.25, -0.2) is 0 Å². The average molecular weight is 274 g/mol. The van der Waals surface area contributed by atoms with Crippen LogP contribution in [0.3, 0.4) is 0 Å². The van der Waals surface area contributed by atoms with Gasteiger partial charge in [0.05, 0.1) is 5.56 Å². The molecule has 0 aliphatic carbocycles. The number of carbonyl (C=O) groups is 2. The summed E-state index contributed by atoms with van der Waals surface area (Å²) in [4.78, 5) is 27.3. The molecule has 2 amide bonds. The van der Waals surface area contributed by atoms with E-state index < -0.39 is 5.91 Å². The van der Waals surface area contributed by atoms with Gasteiger partial charge in [-0.15, -0.1) is 0 Å². The van der Waals surface area contributed by atoms with E-state index >= 15 is 0 Å². The molecular weight excluding hydrogens is 256 g/mol. The Morgan fingerprint density at radius 1 is 1.30 bits per heavy atom. The molecule has 0 aromatic heterocycles. The molecule has 1 aromatic rings. The third-order valence-electron chi connectivity index (χ3n) is 4.12. The summed E-state index contributed by atoms with van der Waals surface area (Å²) in [5.74, 6) is -0.237. The second kappa shape index (κ2) is 4.70. The molecule has 1 atom stereocenters. The molecule has 2 saturated heterocycles. The Kier molecular flexibility index (Phi) is 3.00. The van der Waals surface area contributed by atoms with Gasteiger partial charge in [0.2, 0.25) is 5.91 Å². The fourth-order valence-electron chi connectivity index (χ4n) is 3.11. The number of rotatable bonds is 2. The third kappa shape index (κ3) is 2.07. The van der Waals surface area contributed by atoms with Gasteiger partial charge < -0.3 is 21.3 Å². The number of anilines is 2. The fourth-order valence-corrected chi connectivity index (χ4v) is 3.11. The highest BCUT2D eigenvalue weighted by Gasteiger charge is 2.36. The number of benzene rings is 1. The van der Waals surface area contributed by atoms with Crippen LogP contribution >= 0.6 is 0 Å². The Morgan fingerprint density at radius 3 is 2.85 bits per heavy atom. The van der Waals surface area contributed by atoms with Crippen molar-refractivity contribution in [1.82, 2.24) is 4.90 Å². The molecule has 2 heterocycles. The molecule has 2 fully saturated rings. The normalized spacial score (nSPS) is 22.0. The summed E-state index contributed by atoms with van der Waals surface area (Å²) < 4.78 is 0. The van der Waals surface area contributed by atoms with Crippen molar-refractivity contribution in [2.24, 2.45) is 5.73 Å². The minimum atomic E-state index is -0.475. The van der Waals surface area contributed by atoms with Crippen molar-refractivity contribution in [1.29, 1.82) is 0 Å². The Morgan fingerprint density at radius 2 is 2.10 bits per heavy atom. The van der Waals surface area contributed by atoms with Gasteiger partial charge in [0, 0.05) is 43.5 Å². The van der Waals surface area contributed by atoms with Gasteiger partial charge in [-0.05, 0) is 24.6 Å². The Hall–Kier alpha value is -2.24. The van der Waals surface area contributed by atoms with Crippen LogP contribution in [0.2, 0.25) is 0 Å². The van der Waals surface area contributed by atoms with Gasteiger partial charge in [-0.1, -0.05) is 0 Å². The first kappa shape index (κ1) is 12.8. The highest BCUT2D eigenvalue weighted by atomic mass is 16.2. The number of nitrogens with two attached hydrogens (primary N) is 2. The van der Waals surface area contributed by atoms with Crippen molar-refractivity contribution < 1.29 is 9.59 Å². The summed E-state index contributed by atoms with van der Waals surface area (Å²) in [6, 6.07) is 5.47. The van der Waals surface area contributed by atoms with Gasteiger partial charge in [-0.3, -0.25) is 9.59 Å². The Balaban J connectivity index is 1.87. The number of fused-ring (bicyclic) bond motifs is 1. The van der Waals surface area contributed by atoms with E-state index in [0.717, 1.165) is 18.7 Å². The highest BCUT2D eigenvalue weighted by molar-refractivity contribution is 5.99. The molecule has 2 aliphatic heterocycles. The van der Waals surface area contributed by atoms with Gasteiger partial charge in [-0.2, -0.15) is 0 Å². The molecule has 1 unspecified atom stereocenters. The summed E-state index contributed by atoms with van der Waals surface area (Å²) in [6.07, 6.45) is 1.51. The zero-order valence-electron chi connectivity index (χ0n) is 11.2. The van der Waals surface area contributed by atoms with E-state index in [-0.39, 0.29) is 11.9 Å². The van der Waals surface area contributed by atoms with E-state index in [4.69, 9.17) is 11.5 Å². The molecule has 0 bridgehead atoms. The minimum Gasteiger partial charge on any atom is -0.399 e. The molecule has 1 aromatic carbocycles. The van der Waals surface area contributed by atoms with E-state index in [0.29, 0.717) is 30.8 Å². The minimum absolute atomic E-state index is 0.238. The zero-order valence-corrected chi connectivity index (χ0v) is 11.2. The lowest BCUT2D eigenvalue weighted by atomic mass is 10.1. The number of hydrogen-bond acceptors (Lipinski definition) is 4. The topological polar surface area (TPSA) is 92.7 Å². The van der Waals surface area contributed by atoms with E-state index in [1.54, 1.807) is 12.1 Å². The van der Waals surface area contributed by atoms with E-state index in [9.17, 15) is 9.59 Å². The monoisotopic (exact) mass is 274 g/mol. The van der Waals surface area contributed by atoms with Crippen LogP contribution in [-0.2, 0) is 4.79 Å². The maximum Gasteiger partial charge on any atom is 0.250 e. The first-order valence-corrected chi connectivity index (χ1v) is 6.80. The number of primary amides is 1. The maximum absolute atomic E-state index is 11.7. The number of hydrogen-bond donors (Lipinski definition) is 2.